The topological polar surface area (TPSA) is 69.0 Å². The van der Waals surface area contributed by atoms with Gasteiger partial charge < -0.3 is 10.2 Å². The van der Waals surface area contributed by atoms with Gasteiger partial charge in [0, 0.05) is 38.7 Å². The molecule has 1 heterocycles. The minimum atomic E-state index is -0.396. The van der Waals surface area contributed by atoms with Gasteiger partial charge in [-0.25, -0.2) is 0 Å². The molecule has 0 aliphatic rings. The molecular formula is C20H20N4O. The molecule has 5 heteroatoms. The molecule has 0 atom stereocenters. The van der Waals surface area contributed by atoms with Crippen molar-refractivity contribution in [3.8, 4) is 6.07 Å². The molecule has 0 unspecified atom stereocenters. The summed E-state index contributed by atoms with van der Waals surface area (Å²) in [5, 5.41) is 11.9. The second kappa shape index (κ2) is 9.04. The van der Waals surface area contributed by atoms with Crippen LogP contribution in [0.25, 0.3) is 6.08 Å². The number of carbonyl (C=O) groups excluding carboxylic acids is 1. The van der Waals surface area contributed by atoms with Crippen molar-refractivity contribution in [1.29, 1.82) is 5.26 Å². The summed E-state index contributed by atoms with van der Waals surface area (Å²) in [4.78, 5) is 18.0. The molecule has 1 aromatic heterocycles. The number of pyridine rings is 1. The summed E-state index contributed by atoms with van der Waals surface area (Å²) in [5.74, 6) is -0.396. The van der Waals surface area contributed by atoms with Crippen molar-refractivity contribution >= 4 is 17.7 Å². The van der Waals surface area contributed by atoms with E-state index in [4.69, 9.17) is 5.26 Å². The van der Waals surface area contributed by atoms with Gasteiger partial charge in [-0.2, -0.15) is 5.26 Å². The van der Waals surface area contributed by atoms with E-state index in [-0.39, 0.29) is 5.57 Å². The van der Waals surface area contributed by atoms with E-state index in [1.807, 2.05) is 67.5 Å². The average molecular weight is 332 g/mol. The molecule has 0 aliphatic carbocycles. The molecule has 2 aromatic rings. The van der Waals surface area contributed by atoms with Crippen LogP contribution in [0.5, 0.6) is 0 Å². The number of nitrogens with one attached hydrogen (secondary N) is 1. The largest absolute Gasteiger partial charge is 0.378 e. The Morgan fingerprint density at radius 1 is 1.20 bits per heavy atom. The molecular weight excluding hydrogens is 312 g/mol. The molecule has 0 fully saturated rings. The van der Waals surface area contributed by atoms with E-state index < -0.39 is 5.91 Å². The van der Waals surface area contributed by atoms with Gasteiger partial charge in [0.25, 0.3) is 5.91 Å². The third-order valence-corrected chi connectivity index (χ3v) is 3.53. The van der Waals surface area contributed by atoms with Crippen LogP contribution >= 0.6 is 0 Å². The standard InChI is InChI=1S/C20H20N4O/c1-24(2)19-8-6-16(7-9-19)4-3-5-18(14-21)20(25)23-15-17-10-12-22-13-11-17/h3-13H,15H2,1-2H3,(H,23,25)/b4-3+,18-5+. The zero-order valence-electron chi connectivity index (χ0n) is 14.3. The third-order valence-electron chi connectivity index (χ3n) is 3.53. The predicted molar refractivity (Wildman–Crippen MR) is 99.6 cm³/mol. The first-order valence-corrected chi connectivity index (χ1v) is 7.83. The molecule has 126 valence electrons. The summed E-state index contributed by atoms with van der Waals surface area (Å²) in [7, 11) is 3.97. The Kier molecular flexibility index (Phi) is 6.49. The van der Waals surface area contributed by atoms with Crippen molar-refractivity contribution in [2.45, 2.75) is 6.54 Å². The number of rotatable bonds is 6. The first-order chi connectivity index (χ1) is 12.1. The minimum absolute atomic E-state index is 0.0650. The molecule has 25 heavy (non-hydrogen) atoms. The summed E-state index contributed by atoms with van der Waals surface area (Å²) in [6.07, 6.45) is 8.39. The molecule has 0 radical (unpaired) electrons. The highest BCUT2D eigenvalue weighted by Gasteiger charge is 2.07. The number of benzene rings is 1. The first-order valence-electron chi connectivity index (χ1n) is 7.83. The minimum Gasteiger partial charge on any atom is -0.378 e. The zero-order chi connectivity index (χ0) is 18.1. The molecule has 1 N–H and O–H groups in total. The van der Waals surface area contributed by atoms with Gasteiger partial charge in [-0.3, -0.25) is 9.78 Å². The van der Waals surface area contributed by atoms with Crippen LogP contribution in [0.4, 0.5) is 5.69 Å². The van der Waals surface area contributed by atoms with Gasteiger partial charge in [0.2, 0.25) is 0 Å². The number of hydrogen-bond acceptors (Lipinski definition) is 4. The molecule has 1 aromatic carbocycles. The fourth-order valence-electron chi connectivity index (χ4n) is 2.08. The van der Waals surface area contributed by atoms with Gasteiger partial charge in [-0.1, -0.05) is 24.3 Å². The van der Waals surface area contributed by atoms with Crippen LogP contribution in [0.3, 0.4) is 0 Å². The van der Waals surface area contributed by atoms with Crippen molar-refractivity contribution in [2.75, 3.05) is 19.0 Å². The van der Waals surface area contributed by atoms with Crippen LogP contribution in [-0.4, -0.2) is 25.0 Å². The predicted octanol–water partition coefficient (Wildman–Crippen LogP) is 2.93. The summed E-state index contributed by atoms with van der Waals surface area (Å²) < 4.78 is 0. The number of carbonyl (C=O) groups is 1. The maximum Gasteiger partial charge on any atom is 0.262 e. The summed E-state index contributed by atoms with van der Waals surface area (Å²) in [6, 6.07) is 13.5. The number of anilines is 1. The Balaban J connectivity index is 1.96. The molecule has 0 aliphatic heterocycles. The van der Waals surface area contributed by atoms with Crippen LogP contribution in [-0.2, 0) is 11.3 Å². The molecule has 2 rings (SSSR count). The Bertz CT molecular complexity index is 800. The van der Waals surface area contributed by atoms with Crippen LogP contribution in [0.2, 0.25) is 0 Å². The number of hydrogen-bond donors (Lipinski definition) is 1. The Labute approximate surface area is 147 Å². The fourth-order valence-corrected chi connectivity index (χ4v) is 2.08. The average Bonchev–Trinajstić information content (AvgIpc) is 2.64. The molecule has 0 saturated carbocycles. The van der Waals surface area contributed by atoms with Crippen molar-refractivity contribution in [3.63, 3.8) is 0 Å². The lowest BCUT2D eigenvalue weighted by Gasteiger charge is -2.11. The van der Waals surface area contributed by atoms with Crippen LogP contribution in [0.1, 0.15) is 11.1 Å². The maximum absolute atomic E-state index is 12.1. The zero-order valence-corrected chi connectivity index (χ0v) is 14.3. The van der Waals surface area contributed by atoms with E-state index in [9.17, 15) is 4.79 Å². The Morgan fingerprint density at radius 3 is 2.48 bits per heavy atom. The van der Waals surface area contributed by atoms with Crippen molar-refractivity contribution in [2.24, 2.45) is 0 Å². The second-order valence-corrected chi connectivity index (χ2v) is 5.58. The smallest absolute Gasteiger partial charge is 0.262 e. The molecule has 0 bridgehead atoms. The lowest BCUT2D eigenvalue weighted by molar-refractivity contribution is -0.117. The molecule has 5 nitrogen and oxygen atoms in total. The van der Waals surface area contributed by atoms with Gasteiger partial charge in [0.15, 0.2) is 0 Å². The second-order valence-electron chi connectivity index (χ2n) is 5.58. The summed E-state index contributed by atoms with van der Waals surface area (Å²) in [5.41, 5.74) is 3.10. The number of aromatic nitrogens is 1. The van der Waals surface area contributed by atoms with Gasteiger partial charge in [0.1, 0.15) is 11.6 Å². The van der Waals surface area contributed by atoms with Gasteiger partial charge in [-0.15, -0.1) is 0 Å². The highest BCUT2D eigenvalue weighted by molar-refractivity contribution is 5.97. The first kappa shape index (κ1) is 18.0. The molecule has 0 spiro atoms. The van der Waals surface area contributed by atoms with Crippen LogP contribution in [0.15, 0.2) is 66.5 Å². The quantitative estimate of drug-likeness (QED) is 0.502. The van der Waals surface area contributed by atoms with Gasteiger partial charge >= 0.3 is 0 Å². The number of amides is 1. The van der Waals surface area contributed by atoms with E-state index in [1.165, 1.54) is 6.08 Å². The lowest BCUT2D eigenvalue weighted by Crippen LogP contribution is -2.23. The van der Waals surface area contributed by atoms with E-state index in [1.54, 1.807) is 18.5 Å². The number of allylic oxidation sites excluding steroid dienone is 2. The SMILES string of the molecule is CN(C)c1ccc(/C=C/C=C(\C#N)C(=O)NCc2ccncc2)cc1. The van der Waals surface area contributed by atoms with E-state index in [0.717, 1.165) is 16.8 Å². The molecule has 1 amide bonds. The summed E-state index contributed by atoms with van der Waals surface area (Å²) >= 11 is 0. The maximum atomic E-state index is 12.1. The van der Waals surface area contributed by atoms with Crippen LogP contribution < -0.4 is 10.2 Å². The number of nitrogens with zero attached hydrogens (tertiary/aromatic N) is 3. The summed E-state index contributed by atoms with van der Waals surface area (Å²) in [6.45, 7) is 0.357. The van der Waals surface area contributed by atoms with E-state index in [2.05, 4.69) is 10.3 Å². The van der Waals surface area contributed by atoms with Crippen molar-refractivity contribution in [3.05, 3.63) is 77.6 Å². The van der Waals surface area contributed by atoms with Crippen molar-refractivity contribution in [1.82, 2.24) is 10.3 Å². The van der Waals surface area contributed by atoms with Crippen molar-refractivity contribution < 1.29 is 4.79 Å². The fraction of sp³-hybridized carbons (Fsp3) is 0.150. The van der Waals surface area contributed by atoms with E-state index in [0.29, 0.717) is 6.54 Å². The lowest BCUT2D eigenvalue weighted by atomic mass is 10.1. The normalized spacial score (nSPS) is 11.2. The third kappa shape index (κ3) is 5.63. The highest BCUT2D eigenvalue weighted by atomic mass is 16.1. The monoisotopic (exact) mass is 332 g/mol. The van der Waals surface area contributed by atoms with Crippen LogP contribution in [0, 0.1) is 11.3 Å². The Hall–Kier alpha value is -3.39. The Morgan fingerprint density at radius 2 is 1.88 bits per heavy atom. The number of nitriles is 1. The molecule has 0 saturated heterocycles. The highest BCUT2D eigenvalue weighted by Crippen LogP contribution is 2.13. The van der Waals surface area contributed by atoms with Gasteiger partial charge in [-0.05, 0) is 41.5 Å². The van der Waals surface area contributed by atoms with Gasteiger partial charge in [0.05, 0.1) is 0 Å². The van der Waals surface area contributed by atoms with E-state index >= 15 is 0 Å².